The number of nitrogens with zero attached hydrogens (tertiary/aromatic N) is 2. The lowest BCUT2D eigenvalue weighted by molar-refractivity contribution is 0.417. The number of ether oxygens (including phenoxy) is 1. The van der Waals surface area contributed by atoms with Gasteiger partial charge in [0.05, 0.1) is 23.0 Å². The van der Waals surface area contributed by atoms with Crippen LogP contribution in [0.2, 0.25) is 0 Å². The first kappa shape index (κ1) is 12.2. The second-order valence-electron chi connectivity index (χ2n) is 4.37. The van der Waals surface area contributed by atoms with E-state index in [0.717, 1.165) is 33.0 Å². The SMILES string of the molecule is COc1csc(-c2nc3ccc(CN)cc3n2C)c1. The van der Waals surface area contributed by atoms with Crippen LogP contribution in [-0.4, -0.2) is 16.7 Å². The van der Waals surface area contributed by atoms with Crippen molar-refractivity contribution in [3.63, 3.8) is 0 Å². The van der Waals surface area contributed by atoms with Gasteiger partial charge in [0.25, 0.3) is 0 Å². The van der Waals surface area contributed by atoms with Gasteiger partial charge in [-0.3, -0.25) is 0 Å². The summed E-state index contributed by atoms with van der Waals surface area (Å²) in [6.07, 6.45) is 0. The van der Waals surface area contributed by atoms with E-state index in [4.69, 9.17) is 10.5 Å². The van der Waals surface area contributed by atoms with Crippen LogP contribution in [0.4, 0.5) is 0 Å². The van der Waals surface area contributed by atoms with E-state index in [9.17, 15) is 0 Å². The highest BCUT2D eigenvalue weighted by atomic mass is 32.1. The van der Waals surface area contributed by atoms with E-state index in [2.05, 4.69) is 15.6 Å². The fraction of sp³-hybridized carbons (Fsp3) is 0.214. The topological polar surface area (TPSA) is 53.1 Å². The van der Waals surface area contributed by atoms with Crippen LogP contribution in [0.15, 0.2) is 29.6 Å². The van der Waals surface area contributed by atoms with E-state index in [1.165, 1.54) is 0 Å². The van der Waals surface area contributed by atoms with Crippen molar-refractivity contribution in [2.75, 3.05) is 7.11 Å². The van der Waals surface area contributed by atoms with Gasteiger partial charge < -0.3 is 15.0 Å². The molecule has 0 atom stereocenters. The predicted molar refractivity (Wildman–Crippen MR) is 78.5 cm³/mol. The highest BCUT2D eigenvalue weighted by Gasteiger charge is 2.12. The van der Waals surface area contributed by atoms with Crippen molar-refractivity contribution >= 4 is 22.4 Å². The molecule has 0 aliphatic carbocycles. The first-order valence-electron chi connectivity index (χ1n) is 6.01. The van der Waals surface area contributed by atoms with E-state index >= 15 is 0 Å². The van der Waals surface area contributed by atoms with E-state index in [1.54, 1.807) is 18.4 Å². The zero-order valence-electron chi connectivity index (χ0n) is 10.9. The minimum Gasteiger partial charge on any atom is -0.496 e. The molecule has 0 amide bonds. The van der Waals surface area contributed by atoms with E-state index in [0.29, 0.717) is 6.54 Å². The van der Waals surface area contributed by atoms with Gasteiger partial charge in [0.1, 0.15) is 5.75 Å². The third-order valence-electron chi connectivity index (χ3n) is 3.21. The maximum Gasteiger partial charge on any atom is 0.151 e. The molecule has 0 fully saturated rings. The Bertz CT molecular complexity index is 729. The van der Waals surface area contributed by atoms with Gasteiger partial charge in [-0.25, -0.2) is 4.98 Å². The molecule has 3 rings (SSSR count). The van der Waals surface area contributed by atoms with E-state index < -0.39 is 0 Å². The molecule has 2 heterocycles. The number of fused-ring (bicyclic) bond motifs is 1. The molecule has 0 aliphatic rings. The molecular weight excluding hydrogens is 258 g/mol. The molecule has 2 N–H and O–H groups in total. The normalized spacial score (nSPS) is 11.1. The monoisotopic (exact) mass is 273 g/mol. The molecule has 0 spiro atoms. The number of methoxy groups -OCH3 is 1. The summed E-state index contributed by atoms with van der Waals surface area (Å²) in [5.74, 6) is 1.83. The molecule has 0 bridgehead atoms. The van der Waals surface area contributed by atoms with Crippen LogP contribution in [0.5, 0.6) is 5.75 Å². The van der Waals surface area contributed by atoms with Crippen molar-refractivity contribution in [1.82, 2.24) is 9.55 Å². The number of hydrogen-bond acceptors (Lipinski definition) is 4. The predicted octanol–water partition coefficient (Wildman–Crippen LogP) is 2.77. The summed E-state index contributed by atoms with van der Waals surface area (Å²) in [4.78, 5) is 5.78. The summed E-state index contributed by atoms with van der Waals surface area (Å²) in [6.45, 7) is 0.545. The van der Waals surface area contributed by atoms with Gasteiger partial charge >= 0.3 is 0 Å². The Labute approximate surface area is 115 Å². The minimum atomic E-state index is 0.545. The minimum absolute atomic E-state index is 0.545. The number of thiophene rings is 1. The van der Waals surface area contributed by atoms with Gasteiger partial charge in [-0.1, -0.05) is 6.07 Å². The van der Waals surface area contributed by atoms with Crippen molar-refractivity contribution in [2.45, 2.75) is 6.54 Å². The Morgan fingerprint density at radius 3 is 2.89 bits per heavy atom. The van der Waals surface area contributed by atoms with E-state index in [1.807, 2.05) is 30.6 Å². The zero-order valence-corrected chi connectivity index (χ0v) is 11.7. The fourth-order valence-electron chi connectivity index (χ4n) is 2.13. The number of aromatic nitrogens is 2. The molecule has 0 saturated heterocycles. The van der Waals surface area contributed by atoms with Crippen molar-refractivity contribution in [2.24, 2.45) is 12.8 Å². The lowest BCUT2D eigenvalue weighted by Crippen LogP contribution is -1.96. The molecule has 19 heavy (non-hydrogen) atoms. The lowest BCUT2D eigenvalue weighted by atomic mass is 10.2. The van der Waals surface area contributed by atoms with Crippen LogP contribution < -0.4 is 10.5 Å². The number of aryl methyl sites for hydroxylation is 1. The molecule has 0 radical (unpaired) electrons. The fourth-order valence-corrected chi connectivity index (χ4v) is 3.01. The zero-order chi connectivity index (χ0) is 13.4. The second kappa shape index (κ2) is 4.68. The summed E-state index contributed by atoms with van der Waals surface area (Å²) in [7, 11) is 3.70. The second-order valence-corrected chi connectivity index (χ2v) is 5.28. The third kappa shape index (κ3) is 2.01. The molecule has 5 heteroatoms. The molecule has 4 nitrogen and oxygen atoms in total. The molecule has 3 aromatic rings. The Morgan fingerprint density at radius 1 is 1.37 bits per heavy atom. The molecular formula is C14H15N3OS. The molecule has 0 aliphatic heterocycles. The number of rotatable bonds is 3. The van der Waals surface area contributed by atoms with Crippen LogP contribution in [0, 0.1) is 0 Å². The van der Waals surface area contributed by atoms with Crippen molar-refractivity contribution in [3.8, 4) is 16.5 Å². The van der Waals surface area contributed by atoms with Gasteiger partial charge in [-0.2, -0.15) is 0 Å². The quantitative estimate of drug-likeness (QED) is 0.798. The average Bonchev–Trinajstić information content (AvgIpc) is 3.03. The van der Waals surface area contributed by atoms with Crippen LogP contribution in [0.1, 0.15) is 5.56 Å². The Hall–Kier alpha value is -1.85. The van der Waals surface area contributed by atoms with Gasteiger partial charge in [-0.15, -0.1) is 11.3 Å². The summed E-state index contributed by atoms with van der Waals surface area (Å²) in [5, 5.41) is 1.99. The highest BCUT2D eigenvalue weighted by molar-refractivity contribution is 7.13. The van der Waals surface area contributed by atoms with E-state index in [-0.39, 0.29) is 0 Å². The van der Waals surface area contributed by atoms with Crippen LogP contribution in [-0.2, 0) is 13.6 Å². The number of imidazole rings is 1. The standard InChI is InChI=1S/C14H15N3OS/c1-17-12-5-9(7-15)3-4-11(12)16-14(17)13-6-10(18-2)8-19-13/h3-6,8H,7,15H2,1-2H3. The first-order chi connectivity index (χ1) is 9.22. The molecule has 0 unspecified atom stereocenters. The lowest BCUT2D eigenvalue weighted by Gasteiger charge is -2.00. The van der Waals surface area contributed by atoms with Crippen molar-refractivity contribution in [3.05, 3.63) is 35.2 Å². The third-order valence-corrected chi connectivity index (χ3v) is 4.12. The number of nitrogens with two attached hydrogens (primary N) is 1. The molecule has 1 aromatic carbocycles. The molecule has 98 valence electrons. The summed E-state index contributed by atoms with van der Waals surface area (Å²) in [5.41, 5.74) is 8.89. The highest BCUT2D eigenvalue weighted by Crippen LogP contribution is 2.32. The average molecular weight is 273 g/mol. The first-order valence-corrected chi connectivity index (χ1v) is 6.89. The van der Waals surface area contributed by atoms with Crippen LogP contribution in [0.3, 0.4) is 0 Å². The number of benzene rings is 1. The maximum absolute atomic E-state index is 5.69. The van der Waals surface area contributed by atoms with Crippen molar-refractivity contribution in [1.29, 1.82) is 0 Å². The Morgan fingerprint density at radius 2 is 2.21 bits per heavy atom. The number of hydrogen-bond donors (Lipinski definition) is 1. The smallest absolute Gasteiger partial charge is 0.151 e. The van der Waals surface area contributed by atoms with Gasteiger partial charge in [-0.05, 0) is 17.7 Å². The van der Waals surface area contributed by atoms with Crippen LogP contribution >= 0.6 is 11.3 Å². The Balaban J connectivity index is 2.16. The summed E-state index contributed by atoms with van der Waals surface area (Å²) in [6, 6.07) is 8.15. The maximum atomic E-state index is 5.69. The van der Waals surface area contributed by atoms with Crippen molar-refractivity contribution < 1.29 is 4.74 Å². The van der Waals surface area contributed by atoms with Crippen LogP contribution in [0.25, 0.3) is 21.7 Å². The largest absolute Gasteiger partial charge is 0.496 e. The van der Waals surface area contributed by atoms with Gasteiger partial charge in [0.15, 0.2) is 5.82 Å². The Kier molecular flexibility index (Phi) is 3.00. The van der Waals surface area contributed by atoms with Gasteiger partial charge in [0, 0.05) is 25.0 Å². The summed E-state index contributed by atoms with van der Waals surface area (Å²) >= 11 is 1.63. The summed E-state index contributed by atoms with van der Waals surface area (Å²) < 4.78 is 7.32. The molecule has 2 aromatic heterocycles. The van der Waals surface area contributed by atoms with Gasteiger partial charge in [0.2, 0.25) is 0 Å². The molecule has 0 saturated carbocycles.